The van der Waals surface area contributed by atoms with Gasteiger partial charge in [0.05, 0.1) is 5.56 Å². The van der Waals surface area contributed by atoms with Crippen LogP contribution >= 0.6 is 0 Å². The van der Waals surface area contributed by atoms with Crippen LogP contribution in [0.4, 0.5) is 13.2 Å². The first-order chi connectivity index (χ1) is 9.19. The maximum Gasteiger partial charge on any atom is 0.416 e. The minimum atomic E-state index is -4.48. The quantitative estimate of drug-likeness (QED) is 0.823. The Morgan fingerprint density at radius 2 is 1.65 bits per heavy atom. The first-order valence-corrected chi connectivity index (χ1v) is 6.71. The molecule has 0 unspecified atom stereocenters. The summed E-state index contributed by atoms with van der Waals surface area (Å²) in [5.41, 5.74) is -0.592. The number of rotatable bonds is 2. The molecule has 0 heterocycles. The highest BCUT2D eigenvalue weighted by atomic mass is 19.4. The first-order valence-electron chi connectivity index (χ1n) is 6.71. The number of aliphatic hydroxyl groups is 1. The molecule has 1 fully saturated rings. The Morgan fingerprint density at radius 1 is 1.05 bits per heavy atom. The predicted octanol–water partition coefficient (Wildman–Crippen LogP) is 3.19. The number of halogens is 3. The fourth-order valence-corrected chi connectivity index (χ4v) is 2.82. The Bertz CT molecular complexity index is 474. The van der Waals surface area contributed by atoms with Crippen molar-refractivity contribution in [1.29, 1.82) is 0 Å². The molecule has 6 heteroatoms. The van der Waals surface area contributed by atoms with E-state index in [-0.39, 0.29) is 17.0 Å². The maximum atomic E-state index is 13.2. The monoisotopic (exact) mass is 278 g/mol. The highest BCUT2D eigenvalue weighted by molar-refractivity contribution is 6.38. The minimum absolute atomic E-state index is 0.0851. The van der Waals surface area contributed by atoms with E-state index < -0.39 is 17.1 Å². The Labute approximate surface area is 119 Å². The van der Waals surface area contributed by atoms with E-state index in [1.165, 1.54) is 12.1 Å². The van der Waals surface area contributed by atoms with E-state index in [2.05, 4.69) is 0 Å². The second-order valence-corrected chi connectivity index (χ2v) is 5.46. The van der Waals surface area contributed by atoms with Crippen molar-refractivity contribution in [3.63, 3.8) is 0 Å². The third-order valence-electron chi connectivity index (χ3n) is 3.87. The topological polar surface area (TPSA) is 20.2 Å². The fourth-order valence-electron chi connectivity index (χ4n) is 2.82. The summed E-state index contributed by atoms with van der Waals surface area (Å²) in [4.78, 5) is 0. The summed E-state index contributed by atoms with van der Waals surface area (Å²) in [6, 6.07) is 3.64. The Hall–Kier alpha value is -0.900. The molecule has 20 heavy (non-hydrogen) atoms. The molecule has 1 nitrogen and oxygen atoms in total. The van der Waals surface area contributed by atoms with Crippen LogP contribution in [-0.2, 0) is 11.6 Å². The van der Waals surface area contributed by atoms with Crippen LogP contribution in [0.3, 0.4) is 0 Å². The van der Waals surface area contributed by atoms with Crippen LogP contribution in [0, 0.1) is 0 Å². The van der Waals surface area contributed by atoms with Gasteiger partial charge in [-0.3, -0.25) is 0 Å². The first kappa shape index (κ1) is 15.5. The zero-order chi connectivity index (χ0) is 15.0. The predicted molar refractivity (Wildman–Crippen MR) is 72.7 cm³/mol. The third kappa shape index (κ3) is 3.40. The van der Waals surface area contributed by atoms with Gasteiger partial charge in [-0.15, -0.1) is 0 Å². The molecule has 0 saturated heterocycles. The lowest BCUT2D eigenvalue weighted by Gasteiger charge is -2.27. The Kier molecular flexibility index (Phi) is 4.24. The van der Waals surface area contributed by atoms with E-state index in [1.54, 1.807) is 0 Å². The second-order valence-electron chi connectivity index (χ2n) is 5.46. The lowest BCUT2D eigenvalue weighted by molar-refractivity contribution is -0.138. The molecule has 4 radical (unpaired) electrons. The third-order valence-corrected chi connectivity index (χ3v) is 3.87. The normalized spacial score (nSPS) is 18.2. The van der Waals surface area contributed by atoms with Crippen LogP contribution in [0.5, 0.6) is 0 Å². The van der Waals surface area contributed by atoms with Crippen LogP contribution in [-0.4, -0.2) is 20.8 Å². The van der Waals surface area contributed by atoms with E-state index in [0.29, 0.717) is 0 Å². The number of benzene rings is 1. The molecular formula is C14H15B2F3O. The van der Waals surface area contributed by atoms with Crippen molar-refractivity contribution < 1.29 is 18.3 Å². The molecule has 1 saturated carbocycles. The molecule has 0 aliphatic heterocycles. The molecule has 1 aromatic rings. The standard InChI is InChI=1S/C14H15B2F3O/c15-13(16,20)10-6-7-11(9-4-2-1-3-5-9)12(8-10)14(17,18)19/h6-9,20H,1-5H2. The van der Waals surface area contributed by atoms with Crippen LogP contribution in [0.1, 0.15) is 54.7 Å². The summed E-state index contributed by atoms with van der Waals surface area (Å²) in [7, 11) is 10.5. The highest BCUT2D eigenvalue weighted by Gasteiger charge is 2.36. The van der Waals surface area contributed by atoms with Crippen LogP contribution in [0.2, 0.25) is 0 Å². The average Bonchev–Trinajstić information content (AvgIpc) is 2.37. The van der Waals surface area contributed by atoms with Crippen LogP contribution in [0.25, 0.3) is 0 Å². The van der Waals surface area contributed by atoms with Gasteiger partial charge >= 0.3 is 6.18 Å². The van der Waals surface area contributed by atoms with Crippen molar-refractivity contribution in [3.05, 3.63) is 34.9 Å². The fraction of sp³-hybridized carbons (Fsp3) is 0.571. The molecule has 1 aromatic carbocycles. The molecule has 0 aromatic heterocycles. The van der Waals surface area contributed by atoms with Gasteiger partial charge in [0.15, 0.2) is 0 Å². The van der Waals surface area contributed by atoms with Crippen molar-refractivity contribution in [2.45, 2.75) is 49.6 Å². The van der Waals surface area contributed by atoms with Crippen molar-refractivity contribution in [1.82, 2.24) is 0 Å². The van der Waals surface area contributed by atoms with Crippen molar-refractivity contribution in [2.24, 2.45) is 0 Å². The summed E-state index contributed by atoms with van der Waals surface area (Å²) in [5, 5.41) is 7.21. The van der Waals surface area contributed by atoms with Gasteiger partial charge in [-0.1, -0.05) is 31.4 Å². The van der Waals surface area contributed by atoms with Gasteiger partial charge in [-0.05, 0) is 36.0 Å². The van der Waals surface area contributed by atoms with E-state index in [0.717, 1.165) is 38.2 Å². The highest BCUT2D eigenvalue weighted by Crippen LogP contribution is 2.41. The molecule has 1 N–H and O–H groups in total. The zero-order valence-electron chi connectivity index (χ0n) is 11.1. The Balaban J connectivity index is 2.45. The summed E-state index contributed by atoms with van der Waals surface area (Å²) in [6.07, 6.45) is 0.00801. The van der Waals surface area contributed by atoms with Gasteiger partial charge in [0.1, 0.15) is 15.7 Å². The molecule has 0 spiro atoms. The van der Waals surface area contributed by atoms with Crippen LogP contribution in [0.15, 0.2) is 18.2 Å². The minimum Gasteiger partial charge on any atom is -0.405 e. The smallest absolute Gasteiger partial charge is 0.405 e. The second kappa shape index (κ2) is 5.47. The molecular weight excluding hydrogens is 263 g/mol. The van der Waals surface area contributed by atoms with Gasteiger partial charge in [0, 0.05) is 5.40 Å². The van der Waals surface area contributed by atoms with E-state index in [1.807, 2.05) is 0 Å². The van der Waals surface area contributed by atoms with E-state index in [4.69, 9.17) is 15.7 Å². The van der Waals surface area contributed by atoms with E-state index in [9.17, 15) is 18.3 Å². The largest absolute Gasteiger partial charge is 0.416 e. The summed E-state index contributed by atoms with van der Waals surface area (Å²) < 4.78 is 39.6. The lowest BCUT2D eigenvalue weighted by Crippen LogP contribution is -2.27. The van der Waals surface area contributed by atoms with Gasteiger partial charge in [0.2, 0.25) is 0 Å². The summed E-state index contributed by atoms with van der Waals surface area (Å²) >= 11 is 0. The lowest BCUT2D eigenvalue weighted by atomic mass is 9.61. The number of hydrogen-bond acceptors (Lipinski definition) is 1. The average molecular weight is 278 g/mol. The van der Waals surface area contributed by atoms with Gasteiger partial charge < -0.3 is 5.11 Å². The molecule has 0 atom stereocenters. The maximum absolute atomic E-state index is 13.2. The van der Waals surface area contributed by atoms with E-state index >= 15 is 0 Å². The molecule has 0 bridgehead atoms. The molecule has 0 amide bonds. The SMILES string of the molecule is [B]C([B])(O)c1ccc(C2CCCCC2)c(C(F)(F)F)c1. The molecule has 1 aliphatic rings. The number of hydrogen-bond donors (Lipinski definition) is 1. The van der Waals surface area contributed by atoms with Crippen molar-refractivity contribution in [2.75, 3.05) is 0 Å². The number of alkyl halides is 3. The molecule has 2 rings (SSSR count). The van der Waals surface area contributed by atoms with Crippen LogP contribution < -0.4 is 0 Å². The summed E-state index contributed by atoms with van der Waals surface area (Å²) in [5.74, 6) is -0.0851. The molecule has 1 aliphatic carbocycles. The van der Waals surface area contributed by atoms with Gasteiger partial charge in [-0.25, -0.2) is 0 Å². The summed E-state index contributed by atoms with van der Waals surface area (Å²) in [6.45, 7) is 0. The van der Waals surface area contributed by atoms with Gasteiger partial charge in [0.25, 0.3) is 0 Å². The Morgan fingerprint density at radius 3 is 2.15 bits per heavy atom. The van der Waals surface area contributed by atoms with Crippen molar-refractivity contribution >= 4 is 15.7 Å². The van der Waals surface area contributed by atoms with Gasteiger partial charge in [-0.2, -0.15) is 13.2 Å². The zero-order valence-corrected chi connectivity index (χ0v) is 11.1. The van der Waals surface area contributed by atoms with Crippen molar-refractivity contribution in [3.8, 4) is 0 Å². The molecule has 104 valence electrons.